The highest BCUT2D eigenvalue weighted by molar-refractivity contribution is 7.92. The van der Waals surface area contributed by atoms with Gasteiger partial charge in [0, 0.05) is 41.7 Å². The minimum absolute atomic E-state index is 0.0479. The van der Waals surface area contributed by atoms with Gasteiger partial charge in [0.1, 0.15) is 17.0 Å². The minimum atomic E-state index is -5.54. The van der Waals surface area contributed by atoms with Crippen LogP contribution in [-0.2, 0) is 24.5 Å². The van der Waals surface area contributed by atoms with Crippen molar-refractivity contribution < 1.29 is 39.2 Å². The fourth-order valence-electron chi connectivity index (χ4n) is 6.10. The van der Waals surface area contributed by atoms with Gasteiger partial charge in [-0.05, 0) is 62.1 Å². The number of nitrogens with one attached hydrogen (secondary N) is 1. The number of hydrogen-bond acceptors (Lipinski definition) is 9. The van der Waals surface area contributed by atoms with Crippen LogP contribution in [0.15, 0.2) is 57.8 Å². The molecule has 1 N–H and O–H groups in total. The summed E-state index contributed by atoms with van der Waals surface area (Å²) in [6.45, 7) is 0.730. The van der Waals surface area contributed by atoms with Crippen LogP contribution >= 0.6 is 0 Å². The van der Waals surface area contributed by atoms with Gasteiger partial charge in [-0.1, -0.05) is 25.0 Å². The van der Waals surface area contributed by atoms with E-state index in [-0.39, 0.29) is 28.9 Å². The molecule has 0 radical (unpaired) electrons. The second-order valence-electron chi connectivity index (χ2n) is 12.1. The maximum atomic E-state index is 13.5. The second kappa shape index (κ2) is 11.7. The largest absolute Gasteiger partial charge is 0.501 e. The molecule has 0 bridgehead atoms. The number of halogens is 3. The lowest BCUT2D eigenvalue weighted by Crippen LogP contribution is -2.42. The van der Waals surface area contributed by atoms with Gasteiger partial charge in [-0.2, -0.15) is 18.4 Å². The van der Waals surface area contributed by atoms with Crippen molar-refractivity contribution in [1.29, 1.82) is 5.26 Å². The Labute approximate surface area is 264 Å². The molecule has 2 aromatic carbocycles. The number of oxazole rings is 1. The number of aromatic nitrogens is 1. The van der Waals surface area contributed by atoms with Gasteiger partial charge in [0.2, 0.25) is 11.8 Å². The highest BCUT2D eigenvalue weighted by atomic mass is 32.2. The standard InChI is InChI=1S/C31H31F3N4O6S2/c32-31(33,34)46(42,43)23-11-7-21(8-12-23)29-36-26(20-5-9-22(10-6-20)38-15-17-45(40,41)18-16-38)27(44-29)24-3-1-2-4-25(24)28(39)37-30(19-35)13-14-30/h5-12,24-25H,1-4,13-18H2,(H,37,39)/t24-,25-/m1/s1. The fourth-order valence-corrected chi connectivity index (χ4v) is 8.06. The molecule has 2 saturated carbocycles. The lowest BCUT2D eigenvalue weighted by Gasteiger charge is -2.30. The first-order valence-electron chi connectivity index (χ1n) is 14.9. The monoisotopic (exact) mass is 676 g/mol. The zero-order valence-corrected chi connectivity index (χ0v) is 26.2. The Morgan fingerprint density at radius 2 is 1.61 bits per heavy atom. The first kappa shape index (κ1) is 32.1. The van der Waals surface area contributed by atoms with E-state index in [1.54, 1.807) is 0 Å². The molecule has 0 spiro atoms. The maximum Gasteiger partial charge on any atom is 0.501 e. The number of nitrogens with zero attached hydrogens (tertiary/aromatic N) is 3. The topological polar surface area (TPSA) is 150 Å². The van der Waals surface area contributed by atoms with E-state index in [0.717, 1.165) is 30.7 Å². The van der Waals surface area contributed by atoms with Crippen molar-refractivity contribution >= 4 is 31.3 Å². The molecule has 3 aliphatic rings. The van der Waals surface area contributed by atoms with Crippen molar-refractivity contribution in [2.75, 3.05) is 29.5 Å². The normalized spacial score (nSPS) is 22.5. The fraction of sp³-hybridized carbons (Fsp3) is 0.452. The molecule has 3 aromatic rings. The summed E-state index contributed by atoms with van der Waals surface area (Å²) in [7, 11) is -8.60. The first-order valence-corrected chi connectivity index (χ1v) is 18.2. The van der Waals surface area contributed by atoms with E-state index in [1.165, 1.54) is 12.1 Å². The third-order valence-corrected chi connectivity index (χ3v) is 12.1. The van der Waals surface area contributed by atoms with Crippen molar-refractivity contribution in [3.8, 4) is 28.8 Å². The number of alkyl halides is 3. The van der Waals surface area contributed by atoms with Gasteiger partial charge < -0.3 is 14.6 Å². The Bertz CT molecular complexity index is 1880. The number of benzene rings is 2. The molecule has 3 fully saturated rings. The van der Waals surface area contributed by atoms with E-state index in [2.05, 4.69) is 11.4 Å². The molecule has 2 aliphatic carbocycles. The van der Waals surface area contributed by atoms with Gasteiger partial charge in [0.15, 0.2) is 9.84 Å². The zero-order chi connectivity index (χ0) is 32.9. The summed E-state index contributed by atoms with van der Waals surface area (Å²) < 4.78 is 93.2. The molecule has 1 amide bonds. The van der Waals surface area contributed by atoms with Crippen LogP contribution in [-0.4, -0.2) is 63.4 Å². The van der Waals surface area contributed by atoms with Gasteiger partial charge >= 0.3 is 5.51 Å². The Balaban J connectivity index is 1.37. The number of sulfone groups is 2. The van der Waals surface area contributed by atoms with Crippen LogP contribution < -0.4 is 10.2 Å². The van der Waals surface area contributed by atoms with Crippen LogP contribution in [0.25, 0.3) is 22.7 Å². The molecular formula is C31H31F3N4O6S2. The van der Waals surface area contributed by atoms with Gasteiger partial charge in [0.05, 0.1) is 22.5 Å². The third kappa shape index (κ3) is 6.24. The number of carbonyl (C=O) groups is 1. The molecule has 46 heavy (non-hydrogen) atoms. The Morgan fingerprint density at radius 1 is 1.00 bits per heavy atom. The SMILES string of the molecule is N#CC1(NC(=O)[C@@H]2CCCC[C@H]2c2oc(-c3ccc(S(=O)(=O)C(F)(F)F)cc3)nc2-c2ccc(N3CCS(=O)(=O)CC3)cc2)CC1. The quantitative estimate of drug-likeness (QED) is 0.365. The van der Waals surface area contributed by atoms with Crippen molar-refractivity contribution in [3.63, 3.8) is 0 Å². The summed E-state index contributed by atoms with van der Waals surface area (Å²) in [5, 5.41) is 12.4. The van der Waals surface area contributed by atoms with Crippen molar-refractivity contribution in [3.05, 3.63) is 54.3 Å². The number of anilines is 1. The average molecular weight is 677 g/mol. The number of rotatable bonds is 7. The summed E-state index contributed by atoms with van der Waals surface area (Å²) in [5.41, 5.74) is -4.15. The highest BCUT2D eigenvalue weighted by Crippen LogP contribution is 2.45. The summed E-state index contributed by atoms with van der Waals surface area (Å²) >= 11 is 0. The third-order valence-electron chi connectivity index (χ3n) is 8.99. The summed E-state index contributed by atoms with van der Waals surface area (Å²) in [5.74, 6) is -0.569. The molecule has 1 aliphatic heterocycles. The van der Waals surface area contributed by atoms with Gasteiger partial charge in [0.25, 0.3) is 9.84 Å². The number of amides is 1. The Kier molecular flexibility index (Phi) is 8.17. The minimum Gasteiger partial charge on any atom is -0.440 e. The summed E-state index contributed by atoms with van der Waals surface area (Å²) in [6, 6.07) is 13.6. The molecule has 1 saturated heterocycles. The molecule has 6 rings (SSSR count). The summed E-state index contributed by atoms with van der Waals surface area (Å²) in [4.78, 5) is 19.3. The molecule has 10 nitrogen and oxygen atoms in total. The van der Waals surface area contributed by atoms with E-state index in [4.69, 9.17) is 9.40 Å². The van der Waals surface area contributed by atoms with Crippen LogP contribution in [0.1, 0.15) is 50.2 Å². The van der Waals surface area contributed by atoms with E-state index in [1.807, 2.05) is 29.2 Å². The molecule has 2 atom stereocenters. The van der Waals surface area contributed by atoms with Gasteiger partial charge in [-0.3, -0.25) is 4.79 Å². The van der Waals surface area contributed by atoms with Crippen LogP contribution in [0.4, 0.5) is 18.9 Å². The molecule has 1 aromatic heterocycles. The molecule has 15 heteroatoms. The zero-order valence-electron chi connectivity index (χ0n) is 24.6. The first-order chi connectivity index (χ1) is 21.7. The van der Waals surface area contributed by atoms with E-state index in [9.17, 15) is 40.1 Å². The predicted octanol–water partition coefficient (Wildman–Crippen LogP) is 4.98. The van der Waals surface area contributed by atoms with Gasteiger partial charge in [-0.25, -0.2) is 21.8 Å². The van der Waals surface area contributed by atoms with E-state index in [0.29, 0.717) is 55.8 Å². The smallest absolute Gasteiger partial charge is 0.440 e. The van der Waals surface area contributed by atoms with Gasteiger partial charge in [-0.15, -0.1) is 0 Å². The van der Waals surface area contributed by atoms with Crippen molar-refractivity contribution in [1.82, 2.24) is 10.3 Å². The molecule has 244 valence electrons. The number of nitriles is 1. The number of hydrogen-bond donors (Lipinski definition) is 1. The molecular weight excluding hydrogens is 645 g/mol. The van der Waals surface area contributed by atoms with Crippen LogP contribution in [0.5, 0.6) is 0 Å². The van der Waals surface area contributed by atoms with E-state index >= 15 is 0 Å². The average Bonchev–Trinajstić information content (AvgIpc) is 3.67. The molecule has 0 unspecified atom stereocenters. The van der Waals surface area contributed by atoms with Crippen LogP contribution in [0, 0.1) is 17.2 Å². The van der Waals surface area contributed by atoms with Crippen LogP contribution in [0.2, 0.25) is 0 Å². The van der Waals surface area contributed by atoms with Crippen molar-refractivity contribution in [2.24, 2.45) is 5.92 Å². The molecule has 2 heterocycles. The predicted molar refractivity (Wildman–Crippen MR) is 162 cm³/mol. The maximum absolute atomic E-state index is 13.5. The van der Waals surface area contributed by atoms with E-state index < -0.39 is 47.5 Å². The van der Waals surface area contributed by atoms with Crippen LogP contribution in [0.3, 0.4) is 0 Å². The highest BCUT2D eigenvalue weighted by Gasteiger charge is 2.48. The Hall–Kier alpha value is -3.90. The Morgan fingerprint density at radius 3 is 2.20 bits per heavy atom. The lowest BCUT2D eigenvalue weighted by molar-refractivity contribution is -0.127. The second-order valence-corrected chi connectivity index (χ2v) is 16.3. The number of carbonyl (C=O) groups excluding carboxylic acids is 1. The van der Waals surface area contributed by atoms with Crippen molar-refractivity contribution in [2.45, 2.75) is 60.4 Å². The summed E-state index contributed by atoms with van der Waals surface area (Å²) in [6.07, 6.45) is 3.95. The lowest BCUT2D eigenvalue weighted by atomic mass is 9.76.